The first-order chi connectivity index (χ1) is 10.7. The minimum Gasteiger partial charge on any atom is -0.508 e. The van der Waals surface area contributed by atoms with Crippen LogP contribution in [-0.2, 0) is 4.74 Å². The summed E-state index contributed by atoms with van der Waals surface area (Å²) >= 11 is 0. The van der Waals surface area contributed by atoms with Crippen molar-refractivity contribution in [3.63, 3.8) is 0 Å². The lowest BCUT2D eigenvalue weighted by Gasteiger charge is -2.03. The molecule has 1 heterocycles. The van der Waals surface area contributed by atoms with Crippen molar-refractivity contribution in [3.05, 3.63) is 66.4 Å². The van der Waals surface area contributed by atoms with E-state index in [0.717, 1.165) is 16.9 Å². The number of aromatic nitrogens is 2. The van der Waals surface area contributed by atoms with Gasteiger partial charge in [-0.25, -0.2) is 9.48 Å². The largest absolute Gasteiger partial charge is 0.508 e. The van der Waals surface area contributed by atoms with E-state index in [9.17, 15) is 9.90 Å². The summed E-state index contributed by atoms with van der Waals surface area (Å²) in [5.41, 5.74) is 2.91. The van der Waals surface area contributed by atoms with Gasteiger partial charge >= 0.3 is 5.97 Å². The first-order valence-electron chi connectivity index (χ1n) is 6.71. The van der Waals surface area contributed by atoms with Crippen LogP contribution in [0.2, 0.25) is 0 Å². The van der Waals surface area contributed by atoms with Gasteiger partial charge in [-0.2, -0.15) is 5.10 Å². The fraction of sp³-hybridized carbons (Fsp3) is 0.0588. The summed E-state index contributed by atoms with van der Waals surface area (Å²) in [6, 6.07) is 15.7. The molecule has 0 saturated carbocycles. The third kappa shape index (κ3) is 2.69. The van der Waals surface area contributed by atoms with Crippen LogP contribution in [0.1, 0.15) is 10.4 Å². The standard InChI is InChI=1S/C17H14N2O3/c1-22-17(21)13-4-2-3-12(11-13)16-9-10-19(18-16)14-5-7-15(20)8-6-14/h2-11,20H,1H3. The zero-order valence-corrected chi connectivity index (χ0v) is 11.9. The molecule has 0 saturated heterocycles. The van der Waals surface area contributed by atoms with Crippen LogP contribution >= 0.6 is 0 Å². The summed E-state index contributed by atoms with van der Waals surface area (Å²) in [4.78, 5) is 11.6. The number of phenols is 1. The molecule has 0 radical (unpaired) electrons. The Morgan fingerprint density at radius 3 is 2.64 bits per heavy atom. The molecule has 0 fully saturated rings. The fourth-order valence-electron chi connectivity index (χ4n) is 2.15. The molecule has 3 rings (SSSR count). The summed E-state index contributed by atoms with van der Waals surface area (Å²) in [5.74, 6) is -0.165. The van der Waals surface area contributed by atoms with Crippen molar-refractivity contribution in [1.29, 1.82) is 0 Å². The zero-order valence-electron chi connectivity index (χ0n) is 11.9. The predicted molar refractivity (Wildman–Crippen MR) is 82.0 cm³/mol. The van der Waals surface area contributed by atoms with Crippen LogP contribution in [0.4, 0.5) is 0 Å². The molecule has 5 nitrogen and oxygen atoms in total. The van der Waals surface area contributed by atoms with Crippen molar-refractivity contribution in [3.8, 4) is 22.7 Å². The number of phenolic OH excluding ortho intramolecular Hbond substituents is 1. The van der Waals surface area contributed by atoms with Gasteiger partial charge in [0.1, 0.15) is 5.75 Å². The molecule has 0 aliphatic heterocycles. The number of ether oxygens (including phenoxy) is 1. The lowest BCUT2D eigenvalue weighted by molar-refractivity contribution is 0.0601. The monoisotopic (exact) mass is 294 g/mol. The van der Waals surface area contributed by atoms with Gasteiger partial charge < -0.3 is 9.84 Å². The number of aromatic hydroxyl groups is 1. The van der Waals surface area contributed by atoms with E-state index in [1.54, 1.807) is 47.1 Å². The molecule has 22 heavy (non-hydrogen) atoms. The fourth-order valence-corrected chi connectivity index (χ4v) is 2.15. The van der Waals surface area contributed by atoms with Crippen LogP contribution in [0, 0.1) is 0 Å². The number of carbonyl (C=O) groups is 1. The van der Waals surface area contributed by atoms with Crippen LogP contribution in [-0.4, -0.2) is 28.0 Å². The van der Waals surface area contributed by atoms with Gasteiger partial charge in [0.25, 0.3) is 0 Å². The van der Waals surface area contributed by atoms with Crippen molar-refractivity contribution >= 4 is 5.97 Å². The van der Waals surface area contributed by atoms with Crippen LogP contribution in [0.3, 0.4) is 0 Å². The maximum absolute atomic E-state index is 11.6. The van der Waals surface area contributed by atoms with Crippen LogP contribution in [0.5, 0.6) is 5.75 Å². The second-order valence-electron chi connectivity index (χ2n) is 4.73. The van der Waals surface area contributed by atoms with Crippen LogP contribution in [0.25, 0.3) is 16.9 Å². The topological polar surface area (TPSA) is 64.3 Å². The van der Waals surface area contributed by atoms with E-state index >= 15 is 0 Å². The molecule has 0 aliphatic carbocycles. The van der Waals surface area contributed by atoms with Gasteiger partial charge in [-0.15, -0.1) is 0 Å². The highest BCUT2D eigenvalue weighted by molar-refractivity contribution is 5.90. The summed E-state index contributed by atoms with van der Waals surface area (Å²) in [7, 11) is 1.36. The summed E-state index contributed by atoms with van der Waals surface area (Å²) in [6.07, 6.45) is 1.83. The summed E-state index contributed by atoms with van der Waals surface area (Å²) in [6.45, 7) is 0. The van der Waals surface area contributed by atoms with Gasteiger partial charge in [0.15, 0.2) is 0 Å². The van der Waals surface area contributed by atoms with Gasteiger partial charge in [0.05, 0.1) is 24.1 Å². The van der Waals surface area contributed by atoms with Gasteiger partial charge in [0, 0.05) is 11.8 Å². The van der Waals surface area contributed by atoms with Crippen molar-refractivity contribution < 1.29 is 14.6 Å². The van der Waals surface area contributed by atoms with Crippen molar-refractivity contribution in [2.75, 3.05) is 7.11 Å². The first kappa shape index (κ1) is 13.9. The highest BCUT2D eigenvalue weighted by Gasteiger charge is 2.09. The molecule has 3 aromatic rings. The SMILES string of the molecule is COC(=O)c1cccc(-c2ccn(-c3ccc(O)cc3)n2)c1. The minimum atomic E-state index is -0.375. The average molecular weight is 294 g/mol. The molecule has 0 atom stereocenters. The Labute approximate surface area is 127 Å². The highest BCUT2D eigenvalue weighted by Crippen LogP contribution is 2.21. The molecule has 5 heteroatoms. The Kier molecular flexibility index (Phi) is 3.62. The molecule has 0 unspecified atom stereocenters. The molecule has 0 aliphatic rings. The smallest absolute Gasteiger partial charge is 0.337 e. The van der Waals surface area contributed by atoms with Crippen molar-refractivity contribution in [2.45, 2.75) is 0 Å². The maximum Gasteiger partial charge on any atom is 0.337 e. The summed E-state index contributed by atoms with van der Waals surface area (Å²) in [5, 5.41) is 13.8. The van der Waals surface area contributed by atoms with E-state index in [0.29, 0.717) is 5.56 Å². The van der Waals surface area contributed by atoms with Crippen molar-refractivity contribution in [2.24, 2.45) is 0 Å². The third-order valence-electron chi connectivity index (χ3n) is 3.28. The molecule has 0 amide bonds. The summed E-state index contributed by atoms with van der Waals surface area (Å²) < 4.78 is 6.43. The lowest BCUT2D eigenvalue weighted by Crippen LogP contribution is -2.01. The Bertz CT molecular complexity index is 807. The zero-order chi connectivity index (χ0) is 15.5. The lowest BCUT2D eigenvalue weighted by atomic mass is 10.1. The number of nitrogens with zero attached hydrogens (tertiary/aromatic N) is 2. The molecule has 110 valence electrons. The maximum atomic E-state index is 11.6. The van der Waals surface area contributed by atoms with E-state index in [4.69, 9.17) is 4.74 Å². The Hall–Kier alpha value is -3.08. The molecule has 0 bridgehead atoms. The normalized spacial score (nSPS) is 10.4. The highest BCUT2D eigenvalue weighted by atomic mass is 16.5. The van der Waals surface area contributed by atoms with Crippen LogP contribution in [0.15, 0.2) is 60.8 Å². The Morgan fingerprint density at radius 2 is 1.91 bits per heavy atom. The predicted octanol–water partition coefficient (Wildman–Crippen LogP) is 3.03. The van der Waals surface area contributed by atoms with E-state index in [1.165, 1.54) is 7.11 Å². The number of hydrogen-bond donors (Lipinski definition) is 1. The number of hydrogen-bond acceptors (Lipinski definition) is 4. The molecule has 0 spiro atoms. The van der Waals surface area contributed by atoms with E-state index in [-0.39, 0.29) is 11.7 Å². The van der Waals surface area contributed by atoms with E-state index < -0.39 is 0 Å². The minimum absolute atomic E-state index is 0.210. The molecular weight excluding hydrogens is 280 g/mol. The Balaban J connectivity index is 1.94. The molecule has 1 aromatic heterocycles. The Morgan fingerprint density at radius 1 is 1.14 bits per heavy atom. The first-order valence-corrected chi connectivity index (χ1v) is 6.71. The van der Waals surface area contributed by atoms with Gasteiger partial charge in [0.2, 0.25) is 0 Å². The second-order valence-corrected chi connectivity index (χ2v) is 4.73. The average Bonchev–Trinajstić information content (AvgIpc) is 3.05. The number of methoxy groups -OCH3 is 1. The second kappa shape index (κ2) is 5.73. The number of carbonyl (C=O) groups excluding carboxylic acids is 1. The molecular formula is C17H14N2O3. The van der Waals surface area contributed by atoms with Gasteiger partial charge in [-0.3, -0.25) is 0 Å². The number of esters is 1. The van der Waals surface area contributed by atoms with E-state index in [1.807, 2.05) is 18.3 Å². The van der Waals surface area contributed by atoms with E-state index in [2.05, 4.69) is 5.10 Å². The van der Waals surface area contributed by atoms with Crippen molar-refractivity contribution in [1.82, 2.24) is 9.78 Å². The molecule has 2 aromatic carbocycles. The van der Waals surface area contributed by atoms with Gasteiger partial charge in [-0.1, -0.05) is 12.1 Å². The van der Waals surface area contributed by atoms with Gasteiger partial charge in [-0.05, 0) is 42.5 Å². The number of benzene rings is 2. The molecule has 1 N–H and O–H groups in total. The number of rotatable bonds is 3. The van der Waals surface area contributed by atoms with Crippen LogP contribution < -0.4 is 0 Å². The quantitative estimate of drug-likeness (QED) is 0.754. The third-order valence-corrected chi connectivity index (χ3v) is 3.28.